The molecule has 1 unspecified atom stereocenters. The highest BCUT2D eigenvalue weighted by molar-refractivity contribution is 9.10. The minimum Gasteiger partial charge on any atom is -0.389 e. The van der Waals surface area contributed by atoms with Crippen LogP contribution >= 0.6 is 15.9 Å². The molecule has 3 heteroatoms. The maximum absolute atomic E-state index is 11.1. The van der Waals surface area contributed by atoms with E-state index in [0.29, 0.717) is 13.0 Å². The third-order valence-corrected chi connectivity index (χ3v) is 5.58. The summed E-state index contributed by atoms with van der Waals surface area (Å²) >= 11 is 3.45. The predicted molar refractivity (Wildman–Crippen MR) is 87.7 cm³/mol. The van der Waals surface area contributed by atoms with Crippen molar-refractivity contribution < 1.29 is 5.11 Å². The highest BCUT2D eigenvalue weighted by Crippen LogP contribution is 2.44. The van der Waals surface area contributed by atoms with Crippen LogP contribution in [-0.2, 0) is 6.42 Å². The van der Waals surface area contributed by atoms with Crippen LogP contribution in [0.15, 0.2) is 28.7 Å². The first-order valence-electron chi connectivity index (χ1n) is 7.66. The number of rotatable bonds is 4. The molecule has 1 atom stereocenters. The van der Waals surface area contributed by atoms with Crippen LogP contribution in [0, 0.1) is 5.41 Å². The van der Waals surface area contributed by atoms with Gasteiger partial charge in [-0.2, -0.15) is 0 Å². The standard InChI is InChI=1S/C17H26BrNO/c1-16(20,12-14-6-8-15(18)9-7-14)17(13-19)10-4-2-3-5-11-17/h6-9,20H,2-5,10-13,19H2,1H3. The normalized spacial score (nSPS) is 22.0. The molecule has 112 valence electrons. The largest absolute Gasteiger partial charge is 0.389 e. The average molecular weight is 340 g/mol. The van der Waals surface area contributed by atoms with E-state index in [9.17, 15) is 5.11 Å². The fourth-order valence-electron chi connectivity index (χ4n) is 3.56. The van der Waals surface area contributed by atoms with Gasteiger partial charge < -0.3 is 10.8 Å². The summed E-state index contributed by atoms with van der Waals surface area (Å²) in [6.07, 6.45) is 7.70. The molecular formula is C17H26BrNO. The van der Waals surface area contributed by atoms with Crippen molar-refractivity contribution in [3.05, 3.63) is 34.3 Å². The summed E-state index contributed by atoms with van der Waals surface area (Å²) in [6.45, 7) is 2.56. The molecule has 0 aliphatic heterocycles. The van der Waals surface area contributed by atoms with Crippen LogP contribution < -0.4 is 5.73 Å². The van der Waals surface area contributed by atoms with Crippen molar-refractivity contribution in [2.75, 3.05) is 6.54 Å². The van der Waals surface area contributed by atoms with E-state index >= 15 is 0 Å². The third-order valence-electron chi connectivity index (χ3n) is 5.06. The van der Waals surface area contributed by atoms with Crippen molar-refractivity contribution in [3.63, 3.8) is 0 Å². The molecule has 0 radical (unpaired) electrons. The second kappa shape index (κ2) is 6.59. The van der Waals surface area contributed by atoms with Crippen LogP contribution in [0.3, 0.4) is 0 Å². The van der Waals surface area contributed by atoms with Gasteiger partial charge in [0.25, 0.3) is 0 Å². The van der Waals surface area contributed by atoms with Crippen LogP contribution in [-0.4, -0.2) is 17.3 Å². The predicted octanol–water partition coefficient (Wildman–Crippen LogP) is 4.04. The molecule has 1 aliphatic carbocycles. The zero-order valence-corrected chi connectivity index (χ0v) is 14.0. The smallest absolute Gasteiger partial charge is 0.0727 e. The quantitative estimate of drug-likeness (QED) is 0.813. The fourth-order valence-corrected chi connectivity index (χ4v) is 3.82. The fraction of sp³-hybridized carbons (Fsp3) is 0.647. The average Bonchev–Trinajstić information content (AvgIpc) is 2.68. The lowest BCUT2D eigenvalue weighted by atomic mass is 9.65. The molecule has 3 N–H and O–H groups in total. The van der Waals surface area contributed by atoms with E-state index in [-0.39, 0.29) is 5.41 Å². The molecule has 0 saturated heterocycles. The molecule has 0 heterocycles. The molecule has 1 fully saturated rings. The molecule has 1 aromatic carbocycles. The van der Waals surface area contributed by atoms with Crippen molar-refractivity contribution in [1.29, 1.82) is 0 Å². The van der Waals surface area contributed by atoms with Gasteiger partial charge in [-0.25, -0.2) is 0 Å². The second-order valence-corrected chi connectivity index (χ2v) is 7.39. The van der Waals surface area contributed by atoms with Gasteiger partial charge in [0.15, 0.2) is 0 Å². The lowest BCUT2D eigenvalue weighted by molar-refractivity contribution is -0.0744. The Balaban J connectivity index is 2.19. The number of aliphatic hydroxyl groups is 1. The maximum atomic E-state index is 11.1. The topological polar surface area (TPSA) is 46.2 Å². The van der Waals surface area contributed by atoms with Crippen molar-refractivity contribution in [1.82, 2.24) is 0 Å². The minimum atomic E-state index is -0.736. The lowest BCUT2D eigenvalue weighted by Gasteiger charge is -2.45. The van der Waals surface area contributed by atoms with Gasteiger partial charge in [-0.05, 0) is 37.5 Å². The monoisotopic (exact) mass is 339 g/mol. The van der Waals surface area contributed by atoms with Crippen LogP contribution in [0.1, 0.15) is 51.0 Å². The Hall–Kier alpha value is -0.380. The zero-order valence-electron chi connectivity index (χ0n) is 12.4. The van der Waals surface area contributed by atoms with E-state index in [1.807, 2.05) is 19.1 Å². The third kappa shape index (κ3) is 3.44. The summed E-state index contributed by atoms with van der Waals surface area (Å²) in [4.78, 5) is 0. The van der Waals surface area contributed by atoms with E-state index < -0.39 is 5.60 Å². The van der Waals surface area contributed by atoms with Crippen LogP contribution in [0.2, 0.25) is 0 Å². The number of hydrogen-bond acceptors (Lipinski definition) is 2. The van der Waals surface area contributed by atoms with Gasteiger partial charge in [0.1, 0.15) is 0 Å². The molecule has 0 aromatic heterocycles. The van der Waals surface area contributed by atoms with E-state index in [2.05, 4.69) is 28.1 Å². The highest BCUT2D eigenvalue weighted by Gasteiger charge is 2.45. The first kappa shape index (κ1) is 16.0. The summed E-state index contributed by atoms with van der Waals surface area (Å²) in [5.41, 5.74) is 6.42. The van der Waals surface area contributed by atoms with Gasteiger partial charge in [0, 0.05) is 22.9 Å². The van der Waals surface area contributed by atoms with Gasteiger partial charge in [-0.1, -0.05) is 53.7 Å². The minimum absolute atomic E-state index is 0.128. The summed E-state index contributed by atoms with van der Waals surface area (Å²) < 4.78 is 1.07. The Morgan fingerprint density at radius 3 is 2.20 bits per heavy atom. The SMILES string of the molecule is CC(O)(Cc1ccc(Br)cc1)C1(CN)CCCCCC1. The molecule has 1 aromatic rings. The van der Waals surface area contributed by atoms with Crippen molar-refractivity contribution in [2.45, 2.75) is 57.5 Å². The molecule has 1 aliphatic rings. The van der Waals surface area contributed by atoms with Gasteiger partial charge >= 0.3 is 0 Å². The number of halogens is 1. The first-order chi connectivity index (χ1) is 9.49. The van der Waals surface area contributed by atoms with Gasteiger partial charge in [-0.15, -0.1) is 0 Å². The summed E-state index contributed by atoms with van der Waals surface area (Å²) in [7, 11) is 0. The Bertz CT molecular complexity index is 419. The second-order valence-electron chi connectivity index (χ2n) is 6.48. The van der Waals surface area contributed by atoms with Crippen molar-refractivity contribution in [2.24, 2.45) is 11.1 Å². The molecule has 2 rings (SSSR count). The molecule has 2 nitrogen and oxygen atoms in total. The maximum Gasteiger partial charge on any atom is 0.0727 e. The van der Waals surface area contributed by atoms with Crippen molar-refractivity contribution in [3.8, 4) is 0 Å². The molecule has 0 bridgehead atoms. The number of hydrogen-bond donors (Lipinski definition) is 2. The van der Waals surface area contributed by atoms with Crippen LogP contribution in [0.25, 0.3) is 0 Å². The summed E-state index contributed by atoms with van der Waals surface area (Å²) in [6, 6.07) is 8.24. The molecule has 20 heavy (non-hydrogen) atoms. The summed E-state index contributed by atoms with van der Waals surface area (Å²) in [5, 5.41) is 11.1. The Morgan fingerprint density at radius 1 is 1.15 bits per heavy atom. The van der Waals surface area contributed by atoms with Gasteiger partial charge in [0.2, 0.25) is 0 Å². The molecule has 1 saturated carbocycles. The van der Waals surface area contributed by atoms with Crippen LogP contribution in [0.4, 0.5) is 0 Å². The lowest BCUT2D eigenvalue weighted by Crippen LogP contribution is -2.52. The Labute approximate surface area is 130 Å². The Morgan fingerprint density at radius 2 is 1.70 bits per heavy atom. The van der Waals surface area contributed by atoms with E-state index in [1.165, 1.54) is 31.2 Å². The van der Waals surface area contributed by atoms with Crippen LogP contribution in [0.5, 0.6) is 0 Å². The van der Waals surface area contributed by atoms with E-state index in [0.717, 1.165) is 17.3 Å². The highest BCUT2D eigenvalue weighted by atomic mass is 79.9. The molecular weight excluding hydrogens is 314 g/mol. The van der Waals surface area contributed by atoms with E-state index in [4.69, 9.17) is 5.73 Å². The van der Waals surface area contributed by atoms with Gasteiger partial charge in [-0.3, -0.25) is 0 Å². The molecule has 0 spiro atoms. The Kier molecular flexibility index (Phi) is 5.27. The van der Waals surface area contributed by atoms with Gasteiger partial charge in [0.05, 0.1) is 5.60 Å². The number of nitrogens with two attached hydrogens (primary N) is 1. The zero-order chi connectivity index (χ0) is 14.6. The summed E-state index contributed by atoms with van der Waals surface area (Å²) in [5.74, 6) is 0. The molecule has 0 amide bonds. The van der Waals surface area contributed by atoms with Crippen molar-refractivity contribution >= 4 is 15.9 Å². The number of benzene rings is 1. The first-order valence-corrected chi connectivity index (χ1v) is 8.45. The van der Waals surface area contributed by atoms with E-state index in [1.54, 1.807) is 0 Å².